The lowest BCUT2D eigenvalue weighted by molar-refractivity contribution is 0.0752. The minimum Gasteiger partial charge on any atom is -0.338 e. The molecule has 0 aliphatic rings. The molecule has 0 saturated heterocycles. The third-order valence-electron chi connectivity index (χ3n) is 2.39. The summed E-state index contributed by atoms with van der Waals surface area (Å²) in [5.74, 6) is -0.424. The highest BCUT2D eigenvalue weighted by molar-refractivity contribution is 6.33. The zero-order valence-electron chi connectivity index (χ0n) is 10.2. The van der Waals surface area contributed by atoms with Crippen molar-refractivity contribution < 1.29 is 4.79 Å². The number of rotatable bonds is 4. The van der Waals surface area contributed by atoms with Crippen LogP contribution in [0.1, 0.15) is 24.2 Å². The smallest absolute Gasteiger partial charge is 0.254 e. The number of carbonyl (C=O) groups is 1. The molecule has 1 aromatic heterocycles. The molecule has 0 N–H and O–H groups in total. The monoisotopic (exact) mass is 285 g/mol. The van der Waals surface area contributed by atoms with E-state index in [9.17, 15) is 4.79 Å². The van der Waals surface area contributed by atoms with Crippen molar-refractivity contribution in [1.29, 1.82) is 5.26 Å². The highest BCUT2D eigenvalue weighted by Gasteiger charge is 2.17. The Bertz CT molecular complexity index is 464. The number of nitrogens with zero attached hydrogens (tertiary/aromatic N) is 3. The van der Waals surface area contributed by atoms with Gasteiger partial charge in [-0.2, -0.15) is 5.26 Å². The molecule has 4 nitrogen and oxygen atoms in total. The number of hydrogen-bond acceptors (Lipinski definition) is 3. The van der Waals surface area contributed by atoms with Gasteiger partial charge in [-0.05, 0) is 26.0 Å². The maximum atomic E-state index is 12.2. The van der Waals surface area contributed by atoms with E-state index in [1.165, 1.54) is 12.1 Å². The number of pyridine rings is 1. The summed E-state index contributed by atoms with van der Waals surface area (Å²) < 4.78 is 0. The summed E-state index contributed by atoms with van der Waals surface area (Å²) >= 11 is 11.5. The topological polar surface area (TPSA) is 57.0 Å². The molecule has 0 aliphatic carbocycles. The number of aromatic nitrogens is 1. The van der Waals surface area contributed by atoms with Gasteiger partial charge in [0.15, 0.2) is 0 Å². The van der Waals surface area contributed by atoms with E-state index >= 15 is 0 Å². The van der Waals surface area contributed by atoms with Crippen LogP contribution in [0.25, 0.3) is 0 Å². The Labute approximate surface area is 116 Å². The summed E-state index contributed by atoms with van der Waals surface area (Å²) in [4.78, 5) is 17.6. The van der Waals surface area contributed by atoms with Gasteiger partial charge >= 0.3 is 0 Å². The lowest BCUT2D eigenvalue weighted by atomic mass is 10.1. The molecule has 0 spiro atoms. The van der Waals surface area contributed by atoms with E-state index in [2.05, 4.69) is 11.1 Å². The van der Waals surface area contributed by atoms with Gasteiger partial charge in [-0.25, -0.2) is 4.98 Å². The van der Waals surface area contributed by atoms with Crippen LogP contribution < -0.4 is 0 Å². The predicted molar refractivity (Wildman–Crippen MR) is 70.6 cm³/mol. The first-order chi connectivity index (χ1) is 8.47. The first-order valence-corrected chi connectivity index (χ1v) is 6.25. The summed E-state index contributed by atoms with van der Waals surface area (Å²) in [6.07, 6.45) is 0. The van der Waals surface area contributed by atoms with Crippen molar-refractivity contribution >= 4 is 29.1 Å². The quantitative estimate of drug-likeness (QED) is 0.799. The number of hydrogen-bond donors (Lipinski definition) is 0. The number of amides is 1. The van der Waals surface area contributed by atoms with Crippen LogP contribution in [0, 0.1) is 17.2 Å². The third kappa shape index (κ3) is 3.86. The highest BCUT2D eigenvalue weighted by atomic mass is 35.5. The summed E-state index contributed by atoms with van der Waals surface area (Å²) in [6.45, 7) is 4.51. The van der Waals surface area contributed by atoms with Gasteiger partial charge < -0.3 is 4.90 Å². The maximum Gasteiger partial charge on any atom is 0.254 e. The highest BCUT2D eigenvalue weighted by Crippen LogP contribution is 2.16. The molecule has 96 valence electrons. The van der Waals surface area contributed by atoms with Gasteiger partial charge in [-0.3, -0.25) is 4.79 Å². The van der Waals surface area contributed by atoms with Crippen LogP contribution in [0.5, 0.6) is 0 Å². The number of halogens is 2. The van der Waals surface area contributed by atoms with Crippen molar-refractivity contribution in [2.75, 3.05) is 13.1 Å². The lowest BCUT2D eigenvalue weighted by Crippen LogP contribution is -2.34. The Morgan fingerprint density at radius 2 is 2.06 bits per heavy atom. The van der Waals surface area contributed by atoms with Crippen LogP contribution in [0.4, 0.5) is 0 Å². The average Bonchev–Trinajstić information content (AvgIpc) is 2.33. The molecular formula is C12H13Cl2N3O. The van der Waals surface area contributed by atoms with Crippen LogP contribution >= 0.6 is 23.2 Å². The normalized spacial score (nSPS) is 11.7. The predicted octanol–water partition coefficient (Wildman–Crippen LogP) is 3.01. The van der Waals surface area contributed by atoms with E-state index < -0.39 is 0 Å². The average molecular weight is 286 g/mol. The van der Waals surface area contributed by atoms with Gasteiger partial charge in [0.1, 0.15) is 10.3 Å². The van der Waals surface area contributed by atoms with Crippen LogP contribution in [-0.4, -0.2) is 28.9 Å². The molecule has 1 amide bonds. The largest absolute Gasteiger partial charge is 0.338 e. The zero-order chi connectivity index (χ0) is 13.7. The molecule has 1 atom stereocenters. The van der Waals surface area contributed by atoms with Gasteiger partial charge in [0.05, 0.1) is 12.0 Å². The molecular weight excluding hydrogens is 273 g/mol. The van der Waals surface area contributed by atoms with E-state index in [1.807, 2.05) is 6.92 Å². The van der Waals surface area contributed by atoms with Crippen molar-refractivity contribution in [1.82, 2.24) is 9.88 Å². The molecule has 0 fully saturated rings. The second-order valence-electron chi connectivity index (χ2n) is 3.88. The molecule has 18 heavy (non-hydrogen) atoms. The first kappa shape index (κ1) is 14.7. The van der Waals surface area contributed by atoms with E-state index in [-0.39, 0.29) is 22.1 Å². The fourth-order valence-corrected chi connectivity index (χ4v) is 1.96. The maximum absolute atomic E-state index is 12.2. The molecule has 1 heterocycles. The Hall–Kier alpha value is -1.31. The van der Waals surface area contributed by atoms with Crippen molar-refractivity contribution in [2.45, 2.75) is 13.8 Å². The van der Waals surface area contributed by atoms with E-state index in [0.717, 1.165) is 0 Å². The molecule has 1 unspecified atom stereocenters. The summed E-state index contributed by atoms with van der Waals surface area (Å²) in [7, 11) is 0. The first-order valence-electron chi connectivity index (χ1n) is 5.50. The molecule has 6 heteroatoms. The Morgan fingerprint density at radius 3 is 2.50 bits per heavy atom. The summed E-state index contributed by atoms with van der Waals surface area (Å²) in [5.41, 5.74) is 0.381. The fraction of sp³-hybridized carbons (Fsp3) is 0.417. The van der Waals surface area contributed by atoms with Crippen LogP contribution in [0.2, 0.25) is 10.3 Å². The van der Waals surface area contributed by atoms with Crippen LogP contribution in [-0.2, 0) is 0 Å². The van der Waals surface area contributed by atoms with Crippen molar-refractivity contribution in [3.63, 3.8) is 0 Å². The minimum atomic E-state index is -0.221. The Morgan fingerprint density at radius 1 is 1.50 bits per heavy atom. The zero-order valence-corrected chi connectivity index (χ0v) is 11.7. The van der Waals surface area contributed by atoms with Crippen molar-refractivity contribution in [2.24, 2.45) is 5.92 Å². The Kier molecular flexibility index (Phi) is 5.39. The fourth-order valence-electron chi connectivity index (χ4n) is 1.50. The van der Waals surface area contributed by atoms with Gasteiger partial charge in [0.25, 0.3) is 5.91 Å². The standard InChI is InChI=1S/C12H13Cl2N3O/c1-3-17(7-8(2)6-15)12(18)9-4-10(13)16-11(14)5-9/h4-5,8H,3,7H2,1-2H3. The van der Waals surface area contributed by atoms with Crippen LogP contribution in [0.3, 0.4) is 0 Å². The van der Waals surface area contributed by atoms with Crippen molar-refractivity contribution in [3.8, 4) is 6.07 Å². The van der Waals surface area contributed by atoms with Crippen molar-refractivity contribution in [3.05, 3.63) is 28.0 Å². The van der Waals surface area contributed by atoms with E-state index in [4.69, 9.17) is 28.5 Å². The second-order valence-corrected chi connectivity index (χ2v) is 4.65. The van der Waals surface area contributed by atoms with E-state index in [0.29, 0.717) is 18.7 Å². The molecule has 1 aromatic rings. The SMILES string of the molecule is CCN(CC(C)C#N)C(=O)c1cc(Cl)nc(Cl)c1. The molecule has 0 aliphatic heterocycles. The molecule has 0 saturated carbocycles. The minimum absolute atomic E-state index is 0.176. The summed E-state index contributed by atoms with van der Waals surface area (Å²) in [5, 5.41) is 9.13. The molecule has 0 radical (unpaired) electrons. The lowest BCUT2D eigenvalue weighted by Gasteiger charge is -2.22. The van der Waals surface area contributed by atoms with Gasteiger partial charge in [-0.1, -0.05) is 23.2 Å². The molecule has 1 rings (SSSR count). The number of nitriles is 1. The summed E-state index contributed by atoms with van der Waals surface area (Å²) in [6, 6.07) is 5.04. The van der Waals surface area contributed by atoms with E-state index in [1.54, 1.807) is 11.8 Å². The van der Waals surface area contributed by atoms with Gasteiger partial charge in [0.2, 0.25) is 0 Å². The molecule has 0 aromatic carbocycles. The van der Waals surface area contributed by atoms with Crippen LogP contribution in [0.15, 0.2) is 12.1 Å². The Balaban J connectivity index is 2.93. The second kappa shape index (κ2) is 6.58. The number of carbonyl (C=O) groups excluding carboxylic acids is 1. The van der Waals surface area contributed by atoms with Gasteiger partial charge in [0, 0.05) is 18.7 Å². The third-order valence-corrected chi connectivity index (χ3v) is 2.78. The molecule has 0 bridgehead atoms. The van der Waals surface area contributed by atoms with Gasteiger partial charge in [-0.15, -0.1) is 0 Å².